The van der Waals surface area contributed by atoms with Gasteiger partial charge in [0.15, 0.2) is 0 Å². The second-order valence-electron chi connectivity index (χ2n) is 4.94. The van der Waals surface area contributed by atoms with Crippen molar-refractivity contribution in [3.05, 3.63) is 77.9 Å². The van der Waals surface area contributed by atoms with Crippen LogP contribution in [-0.4, -0.2) is 4.98 Å². The van der Waals surface area contributed by atoms with E-state index in [2.05, 4.69) is 4.98 Å². The average molecular weight is 281 g/mol. The van der Waals surface area contributed by atoms with Gasteiger partial charge in [0.25, 0.3) is 0 Å². The van der Waals surface area contributed by atoms with Gasteiger partial charge in [-0.3, -0.25) is 0 Å². The van der Waals surface area contributed by atoms with E-state index in [1.807, 2.05) is 19.1 Å². The van der Waals surface area contributed by atoms with Gasteiger partial charge < -0.3 is 0 Å². The van der Waals surface area contributed by atoms with Crippen molar-refractivity contribution in [2.45, 2.75) is 6.92 Å². The van der Waals surface area contributed by atoms with E-state index in [1.54, 1.807) is 24.3 Å². The van der Waals surface area contributed by atoms with Crippen LogP contribution in [0.5, 0.6) is 0 Å². The van der Waals surface area contributed by atoms with E-state index in [1.165, 1.54) is 24.3 Å². The third-order valence-electron chi connectivity index (χ3n) is 3.21. The van der Waals surface area contributed by atoms with Gasteiger partial charge >= 0.3 is 0 Å². The summed E-state index contributed by atoms with van der Waals surface area (Å²) in [5.41, 5.74) is 3.75. The van der Waals surface area contributed by atoms with Gasteiger partial charge in [0, 0.05) is 11.1 Å². The number of rotatable bonds is 2. The minimum Gasteiger partial charge on any atom is -0.248 e. The number of hydrogen-bond acceptors (Lipinski definition) is 1. The Labute approximate surface area is 121 Å². The molecule has 0 N–H and O–H groups in total. The van der Waals surface area contributed by atoms with Gasteiger partial charge in [0.2, 0.25) is 0 Å². The maximum atomic E-state index is 13.4. The van der Waals surface area contributed by atoms with E-state index < -0.39 is 0 Å². The topological polar surface area (TPSA) is 12.9 Å². The van der Waals surface area contributed by atoms with Gasteiger partial charge in [0.1, 0.15) is 11.6 Å². The summed E-state index contributed by atoms with van der Waals surface area (Å²) in [4.78, 5) is 4.52. The van der Waals surface area contributed by atoms with E-state index in [0.717, 1.165) is 5.56 Å². The SMILES string of the molecule is Cc1cc(-c2cccc(F)c2)nc(-c2cccc(F)c2)c1. The first-order chi connectivity index (χ1) is 10.1. The molecular weight excluding hydrogens is 268 g/mol. The third kappa shape index (κ3) is 2.97. The van der Waals surface area contributed by atoms with Crippen LogP contribution in [0.3, 0.4) is 0 Å². The molecule has 0 fully saturated rings. The monoisotopic (exact) mass is 281 g/mol. The zero-order chi connectivity index (χ0) is 14.8. The smallest absolute Gasteiger partial charge is 0.123 e. The number of aryl methyl sites for hydroxylation is 1. The van der Waals surface area contributed by atoms with Crippen LogP contribution in [0.4, 0.5) is 8.78 Å². The van der Waals surface area contributed by atoms with E-state index in [0.29, 0.717) is 22.5 Å². The molecule has 0 amide bonds. The summed E-state index contributed by atoms with van der Waals surface area (Å²) in [6.45, 7) is 1.94. The minimum atomic E-state index is -0.303. The Morgan fingerprint density at radius 1 is 0.714 bits per heavy atom. The molecule has 21 heavy (non-hydrogen) atoms. The van der Waals surface area contributed by atoms with Gasteiger partial charge in [-0.1, -0.05) is 24.3 Å². The van der Waals surface area contributed by atoms with Crippen LogP contribution < -0.4 is 0 Å². The van der Waals surface area contributed by atoms with Crippen molar-refractivity contribution in [3.8, 4) is 22.5 Å². The summed E-state index contributed by atoms with van der Waals surface area (Å²) in [6.07, 6.45) is 0. The number of halogens is 2. The van der Waals surface area contributed by atoms with E-state index in [-0.39, 0.29) is 11.6 Å². The largest absolute Gasteiger partial charge is 0.248 e. The molecule has 0 aliphatic heterocycles. The van der Waals surface area contributed by atoms with Gasteiger partial charge in [-0.2, -0.15) is 0 Å². The zero-order valence-corrected chi connectivity index (χ0v) is 11.5. The highest BCUT2D eigenvalue weighted by atomic mass is 19.1. The molecule has 3 aromatic rings. The lowest BCUT2D eigenvalue weighted by Gasteiger charge is -2.07. The molecule has 0 bridgehead atoms. The fraction of sp³-hybridized carbons (Fsp3) is 0.0556. The van der Waals surface area contributed by atoms with E-state index in [9.17, 15) is 8.78 Å². The second kappa shape index (κ2) is 5.44. The van der Waals surface area contributed by atoms with Crippen molar-refractivity contribution in [1.82, 2.24) is 4.98 Å². The van der Waals surface area contributed by atoms with E-state index in [4.69, 9.17) is 0 Å². The summed E-state index contributed by atoms with van der Waals surface area (Å²) in [5.74, 6) is -0.605. The normalized spacial score (nSPS) is 10.6. The summed E-state index contributed by atoms with van der Waals surface area (Å²) < 4.78 is 26.7. The van der Waals surface area contributed by atoms with Crippen LogP contribution in [-0.2, 0) is 0 Å². The lowest BCUT2D eigenvalue weighted by molar-refractivity contribution is 0.628. The second-order valence-corrected chi connectivity index (χ2v) is 4.94. The number of aromatic nitrogens is 1. The van der Waals surface area contributed by atoms with Gasteiger partial charge in [-0.15, -0.1) is 0 Å². The number of benzene rings is 2. The maximum absolute atomic E-state index is 13.4. The number of pyridine rings is 1. The summed E-state index contributed by atoms with van der Waals surface area (Å²) in [7, 11) is 0. The molecule has 2 aromatic carbocycles. The Balaban J connectivity index is 2.12. The molecular formula is C18H13F2N. The predicted octanol–water partition coefficient (Wildman–Crippen LogP) is 5.00. The van der Waals surface area contributed by atoms with Crippen LogP contribution in [0.2, 0.25) is 0 Å². The molecule has 0 radical (unpaired) electrons. The predicted molar refractivity (Wildman–Crippen MR) is 79.8 cm³/mol. The van der Waals surface area contributed by atoms with Gasteiger partial charge in [0.05, 0.1) is 11.4 Å². The molecule has 0 saturated carbocycles. The van der Waals surface area contributed by atoms with Crippen molar-refractivity contribution in [2.24, 2.45) is 0 Å². The Bertz CT molecular complexity index is 733. The van der Waals surface area contributed by atoms with Crippen LogP contribution >= 0.6 is 0 Å². The lowest BCUT2D eigenvalue weighted by atomic mass is 10.1. The van der Waals surface area contributed by atoms with Crippen LogP contribution in [0.15, 0.2) is 60.7 Å². The summed E-state index contributed by atoms with van der Waals surface area (Å²) in [6, 6.07) is 16.4. The van der Waals surface area contributed by atoms with Gasteiger partial charge in [-0.05, 0) is 48.9 Å². The fourth-order valence-corrected chi connectivity index (χ4v) is 2.26. The van der Waals surface area contributed by atoms with Crippen molar-refractivity contribution in [2.75, 3.05) is 0 Å². The Morgan fingerprint density at radius 3 is 1.62 bits per heavy atom. The quantitative estimate of drug-likeness (QED) is 0.644. The van der Waals surface area contributed by atoms with Crippen molar-refractivity contribution in [3.63, 3.8) is 0 Å². The molecule has 0 spiro atoms. The Morgan fingerprint density at radius 2 is 1.19 bits per heavy atom. The first-order valence-electron chi connectivity index (χ1n) is 6.62. The standard InChI is InChI=1S/C18H13F2N/c1-12-8-17(13-4-2-6-15(19)10-13)21-18(9-12)14-5-3-7-16(20)11-14/h2-11H,1H3. The molecule has 0 aliphatic carbocycles. The molecule has 104 valence electrons. The minimum absolute atomic E-state index is 0.303. The van der Waals surface area contributed by atoms with E-state index >= 15 is 0 Å². The highest BCUT2D eigenvalue weighted by Crippen LogP contribution is 2.25. The van der Waals surface area contributed by atoms with Crippen molar-refractivity contribution < 1.29 is 8.78 Å². The molecule has 3 rings (SSSR count). The Hall–Kier alpha value is -2.55. The average Bonchev–Trinajstić information content (AvgIpc) is 2.46. The van der Waals surface area contributed by atoms with Crippen LogP contribution in [0.1, 0.15) is 5.56 Å². The molecule has 1 aromatic heterocycles. The molecule has 0 aliphatic rings. The highest BCUT2D eigenvalue weighted by Gasteiger charge is 2.07. The summed E-state index contributed by atoms with van der Waals surface area (Å²) in [5, 5.41) is 0. The Kier molecular flexibility index (Phi) is 3.48. The van der Waals surface area contributed by atoms with Crippen molar-refractivity contribution in [1.29, 1.82) is 0 Å². The van der Waals surface area contributed by atoms with Crippen LogP contribution in [0.25, 0.3) is 22.5 Å². The fourth-order valence-electron chi connectivity index (χ4n) is 2.26. The third-order valence-corrected chi connectivity index (χ3v) is 3.21. The molecule has 1 heterocycles. The van der Waals surface area contributed by atoms with Crippen molar-refractivity contribution >= 4 is 0 Å². The lowest BCUT2D eigenvalue weighted by Crippen LogP contribution is -1.91. The maximum Gasteiger partial charge on any atom is 0.123 e. The highest BCUT2D eigenvalue weighted by molar-refractivity contribution is 5.67. The molecule has 1 nitrogen and oxygen atoms in total. The van der Waals surface area contributed by atoms with Gasteiger partial charge in [-0.25, -0.2) is 13.8 Å². The first-order valence-corrected chi connectivity index (χ1v) is 6.62. The first kappa shape index (κ1) is 13.4. The summed E-state index contributed by atoms with van der Waals surface area (Å²) >= 11 is 0. The number of hydrogen-bond donors (Lipinski definition) is 0. The molecule has 0 saturated heterocycles. The van der Waals surface area contributed by atoms with Crippen LogP contribution in [0, 0.1) is 18.6 Å². The number of nitrogens with zero attached hydrogens (tertiary/aromatic N) is 1. The molecule has 3 heteroatoms. The zero-order valence-electron chi connectivity index (χ0n) is 11.5. The molecule has 0 unspecified atom stereocenters. The molecule has 0 atom stereocenters.